The van der Waals surface area contributed by atoms with E-state index in [0.29, 0.717) is 17.1 Å². The topological polar surface area (TPSA) is 77.7 Å². The summed E-state index contributed by atoms with van der Waals surface area (Å²) >= 11 is 1.48. The van der Waals surface area contributed by atoms with Gasteiger partial charge < -0.3 is 9.30 Å². The summed E-state index contributed by atoms with van der Waals surface area (Å²) in [5.41, 5.74) is 2.21. The maximum atomic E-state index is 12.4. The van der Waals surface area contributed by atoms with Crippen LogP contribution in [0.2, 0.25) is 0 Å². The Balaban J connectivity index is 1.70. The zero-order chi connectivity index (χ0) is 21.0. The molecule has 6 nitrogen and oxygen atoms in total. The van der Waals surface area contributed by atoms with E-state index < -0.39 is 9.84 Å². The van der Waals surface area contributed by atoms with Crippen molar-refractivity contribution in [3.05, 3.63) is 52.8 Å². The minimum Gasteiger partial charge on any atom is -0.497 e. The lowest BCUT2D eigenvalue weighted by Crippen LogP contribution is -2.16. The molecule has 2 aromatic carbocycles. The van der Waals surface area contributed by atoms with Crippen molar-refractivity contribution in [1.82, 2.24) is 4.57 Å². The van der Waals surface area contributed by atoms with E-state index in [0.717, 1.165) is 15.8 Å². The van der Waals surface area contributed by atoms with E-state index in [9.17, 15) is 13.2 Å². The van der Waals surface area contributed by atoms with Gasteiger partial charge in [0.2, 0.25) is 5.91 Å². The summed E-state index contributed by atoms with van der Waals surface area (Å²) in [5.74, 6) is 0.195. The first-order valence-electron chi connectivity index (χ1n) is 9.38. The Morgan fingerprint density at radius 1 is 1.17 bits per heavy atom. The Kier molecular flexibility index (Phi) is 6.54. The lowest BCUT2D eigenvalue weighted by Gasteiger charge is -2.05. The van der Waals surface area contributed by atoms with Crippen molar-refractivity contribution in [2.75, 3.05) is 12.9 Å². The van der Waals surface area contributed by atoms with Crippen LogP contribution in [0.5, 0.6) is 5.75 Å². The number of sulfone groups is 1. The highest BCUT2D eigenvalue weighted by Crippen LogP contribution is 2.19. The molecule has 3 rings (SSSR count). The highest BCUT2D eigenvalue weighted by atomic mass is 32.2. The minimum atomic E-state index is -3.44. The predicted octanol–water partition coefficient (Wildman–Crippen LogP) is 3.72. The molecule has 29 heavy (non-hydrogen) atoms. The number of carbonyl (C=O) groups is 1. The largest absolute Gasteiger partial charge is 0.497 e. The molecule has 1 aromatic heterocycles. The lowest BCUT2D eigenvalue weighted by molar-refractivity contribution is -0.118. The molecule has 0 saturated carbocycles. The molecule has 0 aliphatic carbocycles. The van der Waals surface area contributed by atoms with Crippen molar-refractivity contribution in [1.29, 1.82) is 0 Å². The number of hydrogen-bond acceptors (Lipinski definition) is 5. The van der Waals surface area contributed by atoms with E-state index in [1.54, 1.807) is 12.1 Å². The fourth-order valence-corrected chi connectivity index (χ4v) is 5.57. The first-order chi connectivity index (χ1) is 13.8. The van der Waals surface area contributed by atoms with E-state index >= 15 is 0 Å². The SMILES string of the molecule is CCn1c(=NC(=O)CCCS(=O)(=O)c2ccc(OC)cc2)sc2cc(C)ccc21. The number of aryl methyl sites for hydroxylation is 2. The number of rotatable bonds is 7. The molecule has 0 atom stereocenters. The summed E-state index contributed by atoms with van der Waals surface area (Å²) in [4.78, 5) is 17.5. The van der Waals surface area contributed by atoms with Crippen molar-refractivity contribution >= 4 is 37.3 Å². The van der Waals surface area contributed by atoms with E-state index in [1.807, 2.05) is 30.5 Å². The van der Waals surface area contributed by atoms with E-state index in [-0.39, 0.29) is 29.4 Å². The van der Waals surface area contributed by atoms with Crippen molar-refractivity contribution < 1.29 is 17.9 Å². The Labute approximate surface area is 174 Å². The number of aromatic nitrogens is 1. The van der Waals surface area contributed by atoms with Crippen molar-refractivity contribution in [2.45, 2.75) is 38.1 Å². The summed E-state index contributed by atoms with van der Waals surface area (Å²) in [6.45, 7) is 4.75. The monoisotopic (exact) mass is 432 g/mol. The molecule has 0 spiro atoms. The number of ether oxygens (including phenoxy) is 1. The second kappa shape index (κ2) is 8.92. The van der Waals surface area contributed by atoms with Crippen LogP contribution >= 0.6 is 11.3 Å². The molecular weight excluding hydrogens is 408 g/mol. The molecule has 0 fully saturated rings. The maximum absolute atomic E-state index is 12.4. The molecule has 0 unspecified atom stereocenters. The van der Waals surface area contributed by atoms with Gasteiger partial charge in [-0.1, -0.05) is 17.4 Å². The number of thiazole rings is 1. The average Bonchev–Trinajstić information content (AvgIpc) is 3.03. The van der Waals surface area contributed by atoms with Crippen LogP contribution in [0.15, 0.2) is 52.4 Å². The van der Waals surface area contributed by atoms with Gasteiger partial charge in [0.25, 0.3) is 0 Å². The van der Waals surface area contributed by atoms with E-state index in [1.165, 1.54) is 30.6 Å². The molecule has 0 aliphatic heterocycles. The molecule has 3 aromatic rings. The smallest absolute Gasteiger partial charge is 0.248 e. The number of methoxy groups -OCH3 is 1. The molecule has 1 amide bonds. The predicted molar refractivity (Wildman–Crippen MR) is 115 cm³/mol. The number of nitrogens with zero attached hydrogens (tertiary/aromatic N) is 2. The second-order valence-electron chi connectivity index (χ2n) is 6.70. The number of amides is 1. The molecular formula is C21H24N2O4S2. The molecule has 1 heterocycles. The summed E-state index contributed by atoms with van der Waals surface area (Å²) < 4.78 is 33.0. The molecule has 0 saturated heterocycles. The van der Waals surface area contributed by atoms with Gasteiger partial charge in [-0.25, -0.2) is 8.42 Å². The van der Waals surface area contributed by atoms with Crippen molar-refractivity contribution in [3.8, 4) is 5.75 Å². The van der Waals surface area contributed by atoms with Gasteiger partial charge in [0.15, 0.2) is 14.6 Å². The Hall–Kier alpha value is -2.45. The fraction of sp³-hybridized carbons (Fsp3) is 0.333. The summed E-state index contributed by atoms with van der Waals surface area (Å²) in [6, 6.07) is 12.4. The maximum Gasteiger partial charge on any atom is 0.248 e. The molecule has 8 heteroatoms. The van der Waals surface area contributed by atoms with E-state index in [4.69, 9.17) is 4.74 Å². The van der Waals surface area contributed by atoms with Gasteiger partial charge in [-0.2, -0.15) is 4.99 Å². The third-order valence-electron chi connectivity index (χ3n) is 4.60. The van der Waals surface area contributed by atoms with Gasteiger partial charge in [0.1, 0.15) is 5.75 Å². The molecule has 0 bridgehead atoms. The first kappa shape index (κ1) is 21.3. The highest BCUT2D eigenvalue weighted by molar-refractivity contribution is 7.91. The van der Waals surface area contributed by atoms with E-state index in [2.05, 4.69) is 11.1 Å². The Morgan fingerprint density at radius 3 is 2.55 bits per heavy atom. The van der Waals surface area contributed by atoms with Crippen LogP contribution in [0.1, 0.15) is 25.3 Å². The Morgan fingerprint density at radius 2 is 1.90 bits per heavy atom. The molecule has 0 radical (unpaired) electrons. The zero-order valence-electron chi connectivity index (χ0n) is 16.7. The van der Waals surface area contributed by atoms with Crippen LogP contribution in [-0.4, -0.2) is 31.8 Å². The second-order valence-corrected chi connectivity index (χ2v) is 9.82. The third kappa shape index (κ3) is 4.94. The van der Waals surface area contributed by atoms with Crippen LogP contribution in [0.4, 0.5) is 0 Å². The molecule has 0 N–H and O–H groups in total. The van der Waals surface area contributed by atoms with Crippen LogP contribution in [0, 0.1) is 6.92 Å². The van der Waals surface area contributed by atoms with Gasteiger partial charge in [0, 0.05) is 13.0 Å². The van der Waals surface area contributed by atoms with Crippen molar-refractivity contribution in [2.24, 2.45) is 4.99 Å². The van der Waals surface area contributed by atoms with Crippen LogP contribution in [0.3, 0.4) is 0 Å². The number of carbonyl (C=O) groups excluding carboxylic acids is 1. The fourth-order valence-electron chi connectivity index (χ4n) is 3.05. The van der Waals surface area contributed by atoms with Crippen LogP contribution in [0.25, 0.3) is 10.2 Å². The van der Waals surface area contributed by atoms with Gasteiger partial charge >= 0.3 is 0 Å². The normalized spacial score (nSPS) is 12.4. The third-order valence-corrected chi connectivity index (χ3v) is 7.45. The van der Waals surface area contributed by atoms with Gasteiger partial charge in [0.05, 0.1) is 28.0 Å². The zero-order valence-corrected chi connectivity index (χ0v) is 18.3. The van der Waals surface area contributed by atoms with Crippen LogP contribution < -0.4 is 9.54 Å². The Bertz CT molecular complexity index is 1190. The van der Waals surface area contributed by atoms with Crippen molar-refractivity contribution in [3.63, 3.8) is 0 Å². The highest BCUT2D eigenvalue weighted by Gasteiger charge is 2.15. The quantitative estimate of drug-likeness (QED) is 0.570. The summed E-state index contributed by atoms with van der Waals surface area (Å²) in [7, 11) is -1.92. The molecule has 0 aliphatic rings. The number of benzene rings is 2. The molecule has 154 valence electrons. The number of fused-ring (bicyclic) bond motifs is 1. The lowest BCUT2D eigenvalue weighted by atomic mass is 10.2. The summed E-state index contributed by atoms with van der Waals surface area (Å²) in [6.07, 6.45) is 0.319. The first-order valence-corrected chi connectivity index (χ1v) is 11.9. The average molecular weight is 433 g/mol. The minimum absolute atomic E-state index is 0.0897. The van der Waals surface area contributed by atoms with Gasteiger partial charge in [-0.05, 0) is 62.2 Å². The van der Waals surface area contributed by atoms with Gasteiger partial charge in [-0.15, -0.1) is 0 Å². The van der Waals surface area contributed by atoms with Gasteiger partial charge in [-0.3, -0.25) is 4.79 Å². The van der Waals surface area contributed by atoms with Crippen LogP contribution in [-0.2, 0) is 21.2 Å². The standard InChI is InChI=1S/C21H24N2O4S2/c1-4-23-18-12-7-15(2)14-19(18)28-21(23)22-20(24)6-5-13-29(25,26)17-10-8-16(27-3)9-11-17/h7-12,14H,4-6,13H2,1-3H3. The number of hydrogen-bond donors (Lipinski definition) is 0. The summed E-state index contributed by atoms with van der Waals surface area (Å²) in [5, 5.41) is 0.